The van der Waals surface area contributed by atoms with E-state index in [4.69, 9.17) is 16.3 Å². The minimum atomic E-state index is -3.88. The lowest BCUT2D eigenvalue weighted by molar-refractivity contribution is 0.403. The van der Waals surface area contributed by atoms with Crippen molar-refractivity contribution in [2.45, 2.75) is 11.3 Å². The van der Waals surface area contributed by atoms with Gasteiger partial charge >= 0.3 is 0 Å². The average molecular weight is 457 g/mol. The highest BCUT2D eigenvalue weighted by atomic mass is 35.5. The van der Waals surface area contributed by atoms with Gasteiger partial charge in [0.05, 0.1) is 19.0 Å². The Hall–Kier alpha value is -3.23. The number of halogens is 1. The lowest BCUT2D eigenvalue weighted by atomic mass is 10.1. The van der Waals surface area contributed by atoms with Crippen LogP contribution in [-0.2, 0) is 16.4 Å². The van der Waals surface area contributed by atoms with Crippen LogP contribution in [0.4, 0.5) is 11.5 Å². The van der Waals surface area contributed by atoms with Gasteiger partial charge in [-0.1, -0.05) is 29.8 Å². The molecule has 2 heterocycles. The van der Waals surface area contributed by atoms with E-state index < -0.39 is 10.0 Å². The quantitative estimate of drug-likeness (QED) is 0.357. The first kappa shape index (κ1) is 21.0. The first-order valence-electron chi connectivity index (χ1n) is 9.57. The summed E-state index contributed by atoms with van der Waals surface area (Å²) in [7, 11) is -2.48. The van der Waals surface area contributed by atoms with Crippen LogP contribution in [0, 0.1) is 0 Å². The summed E-state index contributed by atoms with van der Waals surface area (Å²) in [5.41, 5.74) is 2.68. The molecule has 0 aliphatic rings. The SMILES string of the molecule is COc1ccc(Cl)cc1S(=O)(=O)Nc1ccc(NCCc2c[nH]c3ccccc23)nc1. The van der Waals surface area contributed by atoms with Crippen molar-refractivity contribution in [3.8, 4) is 5.75 Å². The van der Waals surface area contributed by atoms with Crippen molar-refractivity contribution in [2.24, 2.45) is 0 Å². The van der Waals surface area contributed by atoms with E-state index in [0.29, 0.717) is 23.1 Å². The highest BCUT2D eigenvalue weighted by Gasteiger charge is 2.20. The Labute approximate surface area is 185 Å². The Morgan fingerprint density at radius 3 is 2.74 bits per heavy atom. The zero-order valence-electron chi connectivity index (χ0n) is 16.7. The number of sulfonamides is 1. The van der Waals surface area contributed by atoms with Crippen molar-refractivity contribution in [1.29, 1.82) is 0 Å². The number of hydrogen-bond acceptors (Lipinski definition) is 5. The van der Waals surface area contributed by atoms with Gasteiger partial charge in [0.1, 0.15) is 16.5 Å². The number of ether oxygens (including phenoxy) is 1. The fourth-order valence-corrected chi connectivity index (χ4v) is 4.77. The molecular formula is C22H21ClN4O3S. The molecule has 4 aromatic rings. The number of fused-ring (bicyclic) bond motifs is 1. The molecule has 7 nitrogen and oxygen atoms in total. The highest BCUT2D eigenvalue weighted by molar-refractivity contribution is 7.92. The van der Waals surface area contributed by atoms with Gasteiger partial charge < -0.3 is 15.0 Å². The third-order valence-electron chi connectivity index (χ3n) is 4.81. The normalized spacial score (nSPS) is 11.4. The van der Waals surface area contributed by atoms with Crippen molar-refractivity contribution in [3.63, 3.8) is 0 Å². The zero-order chi connectivity index (χ0) is 21.8. The fraction of sp³-hybridized carbons (Fsp3) is 0.136. The van der Waals surface area contributed by atoms with Gasteiger partial charge in [-0.2, -0.15) is 0 Å². The van der Waals surface area contributed by atoms with Gasteiger partial charge in [0.25, 0.3) is 10.0 Å². The van der Waals surface area contributed by atoms with Crippen molar-refractivity contribution < 1.29 is 13.2 Å². The second-order valence-corrected chi connectivity index (χ2v) is 8.96. The summed E-state index contributed by atoms with van der Waals surface area (Å²) in [4.78, 5) is 7.52. The Kier molecular flexibility index (Phi) is 6.01. The molecule has 0 radical (unpaired) electrons. The first-order chi connectivity index (χ1) is 15.0. The number of nitrogens with zero attached hydrogens (tertiary/aromatic N) is 1. The topological polar surface area (TPSA) is 96.1 Å². The van der Waals surface area contributed by atoms with E-state index in [1.54, 1.807) is 18.2 Å². The first-order valence-corrected chi connectivity index (χ1v) is 11.4. The van der Waals surface area contributed by atoms with Gasteiger partial charge in [-0.3, -0.25) is 4.72 Å². The summed E-state index contributed by atoms with van der Waals surface area (Å²) in [5.74, 6) is 0.864. The van der Waals surface area contributed by atoms with Crippen LogP contribution in [0.5, 0.6) is 5.75 Å². The zero-order valence-corrected chi connectivity index (χ0v) is 18.3. The molecular weight excluding hydrogens is 436 g/mol. The van der Waals surface area contributed by atoms with E-state index in [1.165, 1.54) is 36.4 Å². The number of hydrogen-bond donors (Lipinski definition) is 3. The summed E-state index contributed by atoms with van der Waals surface area (Å²) in [6.45, 7) is 0.694. The number of anilines is 2. The lowest BCUT2D eigenvalue weighted by Crippen LogP contribution is -2.14. The maximum absolute atomic E-state index is 12.7. The molecule has 31 heavy (non-hydrogen) atoms. The van der Waals surface area contributed by atoms with Gasteiger partial charge in [0.15, 0.2) is 0 Å². The van der Waals surface area contributed by atoms with Crippen molar-refractivity contribution >= 4 is 44.0 Å². The molecule has 0 atom stereocenters. The highest BCUT2D eigenvalue weighted by Crippen LogP contribution is 2.28. The van der Waals surface area contributed by atoms with Gasteiger partial charge in [-0.25, -0.2) is 13.4 Å². The molecule has 9 heteroatoms. The fourth-order valence-electron chi connectivity index (χ4n) is 3.29. The number of nitrogens with one attached hydrogen (secondary N) is 3. The van der Waals surface area contributed by atoms with E-state index >= 15 is 0 Å². The monoisotopic (exact) mass is 456 g/mol. The molecule has 0 spiro atoms. The molecule has 0 aliphatic heterocycles. The Bertz CT molecular complexity index is 1300. The molecule has 4 rings (SSSR count). The van der Waals surface area contributed by atoms with Crippen LogP contribution in [-0.4, -0.2) is 32.0 Å². The molecule has 0 amide bonds. The number of para-hydroxylation sites is 1. The van der Waals surface area contributed by atoms with Gasteiger partial charge in [0, 0.05) is 28.7 Å². The molecule has 0 saturated heterocycles. The molecule has 0 aliphatic carbocycles. The Balaban J connectivity index is 1.39. The van der Waals surface area contributed by atoms with Crippen LogP contribution >= 0.6 is 11.6 Å². The number of methoxy groups -OCH3 is 1. The lowest BCUT2D eigenvalue weighted by Gasteiger charge is -2.12. The predicted octanol–water partition coefficient (Wildman–Crippen LogP) is 4.68. The van der Waals surface area contributed by atoms with Crippen LogP contribution in [0.2, 0.25) is 5.02 Å². The minimum Gasteiger partial charge on any atom is -0.495 e. The van der Waals surface area contributed by atoms with Crippen LogP contribution in [0.15, 0.2) is 71.9 Å². The summed E-state index contributed by atoms with van der Waals surface area (Å²) in [6.07, 6.45) is 4.30. The summed E-state index contributed by atoms with van der Waals surface area (Å²) in [5, 5.41) is 4.76. The van der Waals surface area contributed by atoms with E-state index in [0.717, 1.165) is 11.9 Å². The van der Waals surface area contributed by atoms with Crippen LogP contribution in [0.3, 0.4) is 0 Å². The number of aromatic nitrogens is 2. The maximum Gasteiger partial charge on any atom is 0.265 e. The largest absolute Gasteiger partial charge is 0.495 e. The smallest absolute Gasteiger partial charge is 0.265 e. The summed E-state index contributed by atoms with van der Waals surface area (Å²) < 4.78 is 33.1. The average Bonchev–Trinajstić information content (AvgIpc) is 3.18. The van der Waals surface area contributed by atoms with Gasteiger partial charge in [-0.05, 0) is 48.4 Å². The number of aromatic amines is 1. The van der Waals surface area contributed by atoms with Gasteiger partial charge in [-0.15, -0.1) is 0 Å². The maximum atomic E-state index is 12.7. The third-order valence-corrected chi connectivity index (χ3v) is 6.44. The predicted molar refractivity (Wildman–Crippen MR) is 124 cm³/mol. The number of rotatable bonds is 8. The van der Waals surface area contributed by atoms with E-state index in [2.05, 4.69) is 26.1 Å². The van der Waals surface area contributed by atoms with E-state index in [9.17, 15) is 8.42 Å². The Morgan fingerprint density at radius 1 is 1.13 bits per heavy atom. The third kappa shape index (κ3) is 4.76. The molecule has 3 N–H and O–H groups in total. The van der Waals surface area contributed by atoms with E-state index in [-0.39, 0.29) is 10.6 Å². The molecule has 0 bridgehead atoms. The van der Waals surface area contributed by atoms with Crippen LogP contribution in [0.25, 0.3) is 10.9 Å². The van der Waals surface area contributed by atoms with Crippen molar-refractivity contribution in [1.82, 2.24) is 9.97 Å². The molecule has 0 unspecified atom stereocenters. The van der Waals surface area contributed by atoms with Crippen molar-refractivity contribution in [3.05, 3.63) is 77.6 Å². The van der Waals surface area contributed by atoms with Crippen LogP contribution < -0.4 is 14.8 Å². The molecule has 0 saturated carbocycles. The second kappa shape index (κ2) is 8.87. The van der Waals surface area contributed by atoms with Crippen molar-refractivity contribution in [2.75, 3.05) is 23.7 Å². The minimum absolute atomic E-state index is 0.0385. The number of benzene rings is 2. The molecule has 160 valence electrons. The second-order valence-electron chi connectivity index (χ2n) is 6.87. The molecule has 2 aromatic carbocycles. The summed E-state index contributed by atoms with van der Waals surface area (Å²) >= 11 is 5.95. The molecule has 0 fully saturated rings. The summed E-state index contributed by atoms with van der Waals surface area (Å²) in [6, 6.07) is 16.0. The van der Waals surface area contributed by atoms with Crippen LogP contribution in [0.1, 0.15) is 5.56 Å². The number of H-pyrrole nitrogens is 1. The van der Waals surface area contributed by atoms with E-state index in [1.807, 2.05) is 24.4 Å². The Morgan fingerprint density at radius 2 is 1.97 bits per heavy atom. The molecule has 2 aromatic heterocycles. The van der Waals surface area contributed by atoms with Gasteiger partial charge in [0.2, 0.25) is 0 Å². The standard InChI is InChI=1S/C22H21ClN4O3S/c1-30-20-8-6-16(23)12-21(20)31(28,29)27-17-7-9-22(26-14-17)24-11-10-15-13-25-19-5-3-2-4-18(15)19/h2-9,12-14,25,27H,10-11H2,1H3,(H,24,26). The number of pyridine rings is 1.